The van der Waals surface area contributed by atoms with E-state index in [1.54, 1.807) is 0 Å². The van der Waals surface area contributed by atoms with E-state index in [1.807, 2.05) is 6.07 Å². The quantitative estimate of drug-likeness (QED) is 0.882. The van der Waals surface area contributed by atoms with Gasteiger partial charge in [0, 0.05) is 6.54 Å². The first kappa shape index (κ1) is 18.0. The van der Waals surface area contributed by atoms with Crippen LogP contribution in [0.15, 0.2) is 30.3 Å². The Hall–Kier alpha value is -1.39. The zero-order chi connectivity index (χ0) is 18.2. The lowest BCUT2D eigenvalue weighted by atomic mass is 9.76. The number of hydrogen-bond donors (Lipinski definition) is 1. The van der Waals surface area contributed by atoms with Crippen molar-refractivity contribution in [1.29, 1.82) is 0 Å². The zero-order valence-electron chi connectivity index (χ0n) is 16.3. The summed E-state index contributed by atoms with van der Waals surface area (Å²) in [6.45, 7) is 6.70. The van der Waals surface area contributed by atoms with Gasteiger partial charge in [-0.15, -0.1) is 0 Å². The summed E-state index contributed by atoms with van der Waals surface area (Å²) in [6.07, 6.45) is 6.76. The van der Waals surface area contributed by atoms with E-state index >= 15 is 0 Å². The van der Waals surface area contributed by atoms with E-state index in [0.29, 0.717) is 5.41 Å². The molecule has 1 saturated carbocycles. The largest absolute Gasteiger partial charge is 0.345 e. The number of nitrogens with one attached hydrogen (secondary N) is 1. The molecule has 2 aliphatic heterocycles. The van der Waals surface area contributed by atoms with Gasteiger partial charge in [0.05, 0.1) is 11.6 Å². The van der Waals surface area contributed by atoms with Gasteiger partial charge in [0.25, 0.3) is 0 Å². The van der Waals surface area contributed by atoms with E-state index in [2.05, 4.69) is 53.4 Å². The van der Waals surface area contributed by atoms with Crippen LogP contribution in [0.5, 0.6) is 0 Å². The highest BCUT2D eigenvalue weighted by Crippen LogP contribution is 2.47. The minimum Gasteiger partial charge on any atom is -0.345 e. The first-order chi connectivity index (χ1) is 12.6. The third-order valence-corrected chi connectivity index (χ3v) is 6.91. The number of rotatable bonds is 5. The Bertz CT molecular complexity index is 632. The van der Waals surface area contributed by atoms with Gasteiger partial charge >= 0.3 is 0 Å². The number of amides is 1. The van der Waals surface area contributed by atoms with Gasteiger partial charge in [-0.2, -0.15) is 0 Å². The van der Waals surface area contributed by atoms with Crippen LogP contribution in [-0.2, 0) is 10.3 Å². The highest BCUT2D eigenvalue weighted by atomic mass is 16.2. The van der Waals surface area contributed by atoms with Crippen LogP contribution < -0.4 is 5.32 Å². The average Bonchev–Trinajstić information content (AvgIpc) is 3.35. The van der Waals surface area contributed by atoms with Crippen molar-refractivity contribution in [3.63, 3.8) is 0 Å². The summed E-state index contributed by atoms with van der Waals surface area (Å²) in [4.78, 5) is 18.2. The van der Waals surface area contributed by atoms with Gasteiger partial charge in [-0.3, -0.25) is 9.69 Å². The Morgan fingerprint density at radius 2 is 1.85 bits per heavy atom. The summed E-state index contributed by atoms with van der Waals surface area (Å²) >= 11 is 0. The zero-order valence-corrected chi connectivity index (χ0v) is 16.3. The molecular formula is C22H33N3O. The van der Waals surface area contributed by atoms with Crippen LogP contribution >= 0.6 is 0 Å². The van der Waals surface area contributed by atoms with Crippen molar-refractivity contribution in [3.05, 3.63) is 35.9 Å². The molecule has 1 aromatic carbocycles. The fourth-order valence-corrected chi connectivity index (χ4v) is 5.07. The second-order valence-corrected chi connectivity index (χ2v) is 8.93. The van der Waals surface area contributed by atoms with Gasteiger partial charge in [-0.25, -0.2) is 0 Å². The minimum absolute atomic E-state index is 0.0551. The Morgan fingerprint density at radius 3 is 2.46 bits per heavy atom. The van der Waals surface area contributed by atoms with Crippen LogP contribution in [0.1, 0.15) is 51.0 Å². The minimum atomic E-state index is -0.0984. The van der Waals surface area contributed by atoms with Crippen LogP contribution in [0, 0.1) is 5.41 Å². The highest BCUT2D eigenvalue weighted by molar-refractivity contribution is 5.83. The molecule has 4 nitrogen and oxygen atoms in total. The number of likely N-dealkylation sites (tertiary alicyclic amines) is 2. The smallest absolute Gasteiger partial charge is 0.238 e. The standard InChI is InChI=1S/C22H33N3O/c1-3-13-25-17-21(11-14-24(2)15-12-21)16-19(25)20(26)23-22(9-10-22)18-7-5-4-6-8-18/h4-8,19H,3,9-17H2,1-2H3,(H,23,26)/t19-/m0/s1. The molecule has 2 heterocycles. The molecule has 1 N–H and O–H groups in total. The fraction of sp³-hybridized carbons (Fsp3) is 0.682. The molecule has 142 valence electrons. The summed E-state index contributed by atoms with van der Waals surface area (Å²) in [5.74, 6) is 0.260. The third kappa shape index (κ3) is 3.41. The van der Waals surface area contributed by atoms with E-state index in [0.717, 1.165) is 38.8 Å². The van der Waals surface area contributed by atoms with Crippen molar-refractivity contribution < 1.29 is 4.79 Å². The van der Waals surface area contributed by atoms with Crippen LogP contribution in [0.3, 0.4) is 0 Å². The monoisotopic (exact) mass is 355 g/mol. The predicted octanol–water partition coefficient (Wildman–Crippen LogP) is 2.99. The molecule has 0 bridgehead atoms. The van der Waals surface area contributed by atoms with Gasteiger partial charge < -0.3 is 10.2 Å². The molecule has 26 heavy (non-hydrogen) atoms. The topological polar surface area (TPSA) is 35.6 Å². The van der Waals surface area contributed by atoms with Crippen LogP contribution in [0.2, 0.25) is 0 Å². The SMILES string of the molecule is CCCN1CC2(CCN(C)CC2)C[C@H]1C(=O)NC1(c2ccccc2)CC1. The van der Waals surface area contributed by atoms with E-state index in [1.165, 1.54) is 31.5 Å². The predicted molar refractivity (Wildman–Crippen MR) is 105 cm³/mol. The van der Waals surface area contributed by atoms with Crippen molar-refractivity contribution in [1.82, 2.24) is 15.1 Å². The van der Waals surface area contributed by atoms with Gasteiger partial charge in [0.1, 0.15) is 0 Å². The van der Waals surface area contributed by atoms with Crippen molar-refractivity contribution >= 4 is 5.91 Å². The molecule has 1 amide bonds. The number of nitrogens with zero attached hydrogens (tertiary/aromatic N) is 2. The molecule has 4 rings (SSSR count). The molecule has 3 aliphatic rings. The molecule has 2 saturated heterocycles. The summed E-state index contributed by atoms with van der Waals surface area (Å²) in [5.41, 5.74) is 1.52. The number of hydrogen-bond acceptors (Lipinski definition) is 3. The molecule has 4 heteroatoms. The second-order valence-electron chi connectivity index (χ2n) is 8.93. The number of carbonyl (C=O) groups is 1. The van der Waals surface area contributed by atoms with E-state index in [-0.39, 0.29) is 17.5 Å². The second kappa shape index (κ2) is 6.97. The third-order valence-electron chi connectivity index (χ3n) is 6.91. The normalized spacial score (nSPS) is 27.5. The number of piperidine rings is 1. The molecular weight excluding hydrogens is 322 g/mol. The van der Waals surface area contributed by atoms with Gasteiger partial charge in [-0.05, 0) is 76.2 Å². The highest BCUT2D eigenvalue weighted by Gasteiger charge is 2.51. The van der Waals surface area contributed by atoms with E-state index in [9.17, 15) is 4.79 Å². The summed E-state index contributed by atoms with van der Waals surface area (Å²) < 4.78 is 0. The molecule has 0 aromatic heterocycles. The Kier molecular flexibility index (Phi) is 4.83. The molecule has 1 spiro atoms. The van der Waals surface area contributed by atoms with Crippen molar-refractivity contribution in [2.75, 3.05) is 33.2 Å². The molecule has 1 atom stereocenters. The lowest BCUT2D eigenvalue weighted by molar-refractivity contribution is -0.126. The fourth-order valence-electron chi connectivity index (χ4n) is 5.07. The van der Waals surface area contributed by atoms with Crippen molar-refractivity contribution in [3.8, 4) is 0 Å². The van der Waals surface area contributed by atoms with Crippen LogP contribution in [0.25, 0.3) is 0 Å². The van der Waals surface area contributed by atoms with Crippen molar-refractivity contribution in [2.45, 2.75) is 57.0 Å². The van der Waals surface area contributed by atoms with Gasteiger partial charge in [0.15, 0.2) is 0 Å². The summed E-state index contributed by atoms with van der Waals surface area (Å²) in [7, 11) is 2.21. The molecule has 3 fully saturated rings. The van der Waals surface area contributed by atoms with Crippen molar-refractivity contribution in [2.24, 2.45) is 5.41 Å². The molecule has 1 aromatic rings. The van der Waals surface area contributed by atoms with Gasteiger partial charge in [-0.1, -0.05) is 37.3 Å². The average molecular weight is 356 g/mol. The maximum Gasteiger partial charge on any atom is 0.238 e. The van der Waals surface area contributed by atoms with Crippen LogP contribution in [-0.4, -0.2) is 55.0 Å². The first-order valence-corrected chi connectivity index (χ1v) is 10.4. The van der Waals surface area contributed by atoms with Gasteiger partial charge in [0.2, 0.25) is 5.91 Å². The summed E-state index contributed by atoms with van der Waals surface area (Å²) in [6, 6.07) is 10.6. The maximum atomic E-state index is 13.3. The number of carbonyl (C=O) groups excluding carboxylic acids is 1. The lowest BCUT2D eigenvalue weighted by Crippen LogP contribution is -2.47. The Morgan fingerprint density at radius 1 is 1.15 bits per heavy atom. The Labute approximate surface area is 157 Å². The first-order valence-electron chi connectivity index (χ1n) is 10.4. The van der Waals surface area contributed by atoms with E-state index in [4.69, 9.17) is 0 Å². The lowest BCUT2D eigenvalue weighted by Gasteiger charge is -2.37. The molecule has 0 unspecified atom stereocenters. The van der Waals surface area contributed by atoms with E-state index < -0.39 is 0 Å². The van der Waals surface area contributed by atoms with Crippen LogP contribution in [0.4, 0.5) is 0 Å². The Balaban J connectivity index is 1.47. The number of benzene rings is 1. The molecule has 0 radical (unpaired) electrons. The summed E-state index contributed by atoms with van der Waals surface area (Å²) in [5, 5.41) is 3.45. The maximum absolute atomic E-state index is 13.3. The molecule has 1 aliphatic carbocycles.